The van der Waals surface area contributed by atoms with Crippen LogP contribution in [0.15, 0.2) is 78.9 Å². The molecule has 0 fully saturated rings. The van der Waals surface area contributed by atoms with Crippen LogP contribution < -0.4 is 25.4 Å². The number of rotatable bonds is 9. The molecule has 0 heterocycles. The van der Waals surface area contributed by atoms with Gasteiger partial charge in [-0.3, -0.25) is 4.79 Å². The van der Waals surface area contributed by atoms with Gasteiger partial charge in [0.15, 0.2) is 5.75 Å². The van der Waals surface area contributed by atoms with Crippen LogP contribution in [-0.4, -0.2) is 25.1 Å². The average molecular weight is 419 g/mol. The predicted octanol–water partition coefficient (Wildman–Crippen LogP) is 5.03. The molecule has 0 aliphatic heterocycles. The van der Waals surface area contributed by atoms with Gasteiger partial charge >= 0.3 is 6.03 Å². The fourth-order valence-corrected chi connectivity index (χ4v) is 2.77. The Bertz CT molecular complexity index is 1010. The molecule has 0 atom stereocenters. The Balaban J connectivity index is 1.42. The molecule has 0 saturated carbocycles. The lowest BCUT2D eigenvalue weighted by molar-refractivity contribution is -0.114. The van der Waals surface area contributed by atoms with E-state index in [-0.39, 0.29) is 11.9 Å². The molecule has 0 spiro atoms. The predicted molar refractivity (Wildman–Crippen MR) is 121 cm³/mol. The summed E-state index contributed by atoms with van der Waals surface area (Å²) >= 11 is 0. The molecule has 3 rings (SSSR count). The maximum atomic E-state index is 12.2. The number of para-hydroxylation sites is 3. The quantitative estimate of drug-likeness (QED) is 0.425. The highest BCUT2D eigenvalue weighted by Gasteiger charge is 2.08. The third kappa shape index (κ3) is 7.40. The van der Waals surface area contributed by atoms with Crippen molar-refractivity contribution in [1.29, 1.82) is 0 Å². The van der Waals surface area contributed by atoms with E-state index in [1.165, 1.54) is 6.92 Å². The number of hydrogen-bond donors (Lipinski definition) is 3. The van der Waals surface area contributed by atoms with Gasteiger partial charge < -0.3 is 25.4 Å². The van der Waals surface area contributed by atoms with E-state index < -0.39 is 0 Å². The molecule has 3 aromatic carbocycles. The smallest absolute Gasteiger partial charge is 0.319 e. The summed E-state index contributed by atoms with van der Waals surface area (Å²) in [5.74, 6) is 1.77. The second-order valence-electron chi connectivity index (χ2n) is 6.70. The van der Waals surface area contributed by atoms with Crippen molar-refractivity contribution in [3.8, 4) is 17.2 Å². The average Bonchev–Trinajstić information content (AvgIpc) is 2.75. The van der Waals surface area contributed by atoms with E-state index in [0.717, 1.165) is 0 Å². The number of ether oxygens (including phenoxy) is 2. The van der Waals surface area contributed by atoms with Gasteiger partial charge in [-0.25, -0.2) is 4.79 Å². The Morgan fingerprint density at radius 3 is 2.39 bits per heavy atom. The lowest BCUT2D eigenvalue weighted by atomic mass is 10.3. The first-order valence-corrected chi connectivity index (χ1v) is 9.97. The first kappa shape index (κ1) is 21.7. The topological polar surface area (TPSA) is 88.7 Å². The molecule has 7 heteroatoms. The van der Waals surface area contributed by atoms with Crippen molar-refractivity contribution in [2.24, 2.45) is 0 Å². The molecule has 0 aliphatic rings. The molecular formula is C24H25N3O4. The SMILES string of the molecule is CC(=O)Nc1cccc(OCCCNC(=O)Nc2ccccc2Oc2ccccc2)c1. The summed E-state index contributed by atoms with van der Waals surface area (Å²) in [7, 11) is 0. The molecule has 0 saturated heterocycles. The van der Waals surface area contributed by atoms with Crippen molar-refractivity contribution in [3.05, 3.63) is 78.9 Å². The Morgan fingerprint density at radius 2 is 1.58 bits per heavy atom. The fraction of sp³-hybridized carbons (Fsp3) is 0.167. The van der Waals surface area contributed by atoms with Crippen LogP contribution in [0.2, 0.25) is 0 Å². The number of anilines is 2. The van der Waals surface area contributed by atoms with Crippen LogP contribution >= 0.6 is 0 Å². The zero-order valence-electron chi connectivity index (χ0n) is 17.3. The molecular weight excluding hydrogens is 394 g/mol. The Labute approximate surface area is 181 Å². The molecule has 0 radical (unpaired) electrons. The Morgan fingerprint density at radius 1 is 0.839 bits per heavy atom. The minimum absolute atomic E-state index is 0.136. The summed E-state index contributed by atoms with van der Waals surface area (Å²) in [5.41, 5.74) is 1.26. The van der Waals surface area contributed by atoms with Gasteiger partial charge in [0.05, 0.1) is 12.3 Å². The first-order chi connectivity index (χ1) is 15.1. The highest BCUT2D eigenvalue weighted by molar-refractivity contribution is 5.91. The van der Waals surface area contributed by atoms with Crippen molar-refractivity contribution >= 4 is 23.3 Å². The maximum absolute atomic E-state index is 12.2. The molecule has 3 amide bonds. The monoisotopic (exact) mass is 419 g/mol. The second-order valence-corrected chi connectivity index (χ2v) is 6.70. The van der Waals surface area contributed by atoms with E-state index in [9.17, 15) is 9.59 Å². The summed E-state index contributed by atoms with van der Waals surface area (Å²) in [4.78, 5) is 23.4. The molecule has 160 valence electrons. The molecule has 31 heavy (non-hydrogen) atoms. The van der Waals surface area contributed by atoms with Crippen LogP contribution in [0, 0.1) is 0 Å². The molecule has 0 unspecified atom stereocenters. The number of hydrogen-bond acceptors (Lipinski definition) is 4. The highest BCUT2D eigenvalue weighted by Crippen LogP contribution is 2.28. The number of carbonyl (C=O) groups excluding carboxylic acids is 2. The number of carbonyl (C=O) groups is 2. The van der Waals surface area contributed by atoms with Gasteiger partial charge in [0, 0.05) is 25.2 Å². The third-order valence-electron chi connectivity index (χ3n) is 4.14. The molecule has 0 bridgehead atoms. The van der Waals surface area contributed by atoms with E-state index >= 15 is 0 Å². The van der Waals surface area contributed by atoms with Crippen molar-refractivity contribution < 1.29 is 19.1 Å². The summed E-state index contributed by atoms with van der Waals surface area (Å²) < 4.78 is 11.5. The van der Waals surface area contributed by atoms with Crippen LogP contribution in [0.3, 0.4) is 0 Å². The van der Waals surface area contributed by atoms with E-state index in [4.69, 9.17) is 9.47 Å². The second kappa shape index (κ2) is 11.3. The van der Waals surface area contributed by atoms with Crippen molar-refractivity contribution in [3.63, 3.8) is 0 Å². The fourth-order valence-electron chi connectivity index (χ4n) is 2.77. The van der Waals surface area contributed by atoms with Gasteiger partial charge in [0.1, 0.15) is 11.5 Å². The normalized spacial score (nSPS) is 10.1. The van der Waals surface area contributed by atoms with Crippen molar-refractivity contribution in [2.75, 3.05) is 23.8 Å². The van der Waals surface area contributed by atoms with Crippen molar-refractivity contribution in [2.45, 2.75) is 13.3 Å². The summed E-state index contributed by atoms with van der Waals surface area (Å²) in [6, 6.07) is 23.5. The largest absolute Gasteiger partial charge is 0.493 e. The summed E-state index contributed by atoms with van der Waals surface area (Å²) in [5, 5.41) is 8.32. The number of urea groups is 1. The standard InChI is InChI=1S/C24H25N3O4/c1-18(28)26-19-9-7-12-21(17-19)30-16-8-15-25-24(29)27-22-13-5-6-14-23(22)31-20-10-3-2-4-11-20/h2-7,9-14,17H,8,15-16H2,1H3,(H,26,28)(H2,25,27,29). The zero-order valence-corrected chi connectivity index (χ0v) is 17.3. The van der Waals surface area contributed by atoms with E-state index in [0.29, 0.717) is 48.2 Å². The number of benzene rings is 3. The minimum atomic E-state index is -0.322. The van der Waals surface area contributed by atoms with Crippen LogP contribution in [0.4, 0.5) is 16.2 Å². The van der Waals surface area contributed by atoms with E-state index in [1.807, 2.05) is 48.5 Å². The Hall–Kier alpha value is -4.00. The first-order valence-electron chi connectivity index (χ1n) is 9.97. The number of nitrogens with one attached hydrogen (secondary N) is 3. The molecule has 0 aromatic heterocycles. The Kier molecular flexibility index (Phi) is 7.88. The lowest BCUT2D eigenvalue weighted by Gasteiger charge is -2.13. The molecule has 0 aliphatic carbocycles. The number of amides is 3. The molecule has 3 aromatic rings. The van der Waals surface area contributed by atoms with Crippen LogP contribution in [0.5, 0.6) is 17.2 Å². The van der Waals surface area contributed by atoms with Gasteiger partial charge in [0.25, 0.3) is 0 Å². The maximum Gasteiger partial charge on any atom is 0.319 e. The van der Waals surface area contributed by atoms with Gasteiger partial charge in [-0.2, -0.15) is 0 Å². The minimum Gasteiger partial charge on any atom is -0.493 e. The highest BCUT2D eigenvalue weighted by atomic mass is 16.5. The van der Waals surface area contributed by atoms with Crippen LogP contribution in [-0.2, 0) is 4.79 Å². The van der Waals surface area contributed by atoms with Gasteiger partial charge in [-0.05, 0) is 42.8 Å². The van der Waals surface area contributed by atoms with Crippen molar-refractivity contribution in [1.82, 2.24) is 5.32 Å². The zero-order chi connectivity index (χ0) is 21.9. The third-order valence-corrected chi connectivity index (χ3v) is 4.14. The molecule has 3 N–H and O–H groups in total. The van der Waals surface area contributed by atoms with E-state index in [1.54, 1.807) is 30.3 Å². The lowest BCUT2D eigenvalue weighted by Crippen LogP contribution is -2.30. The van der Waals surface area contributed by atoms with Gasteiger partial charge in [0.2, 0.25) is 5.91 Å². The summed E-state index contributed by atoms with van der Waals surface area (Å²) in [6.45, 7) is 2.33. The summed E-state index contributed by atoms with van der Waals surface area (Å²) in [6.07, 6.45) is 0.625. The van der Waals surface area contributed by atoms with E-state index in [2.05, 4.69) is 16.0 Å². The van der Waals surface area contributed by atoms with Crippen LogP contribution in [0.1, 0.15) is 13.3 Å². The van der Waals surface area contributed by atoms with Crippen LogP contribution in [0.25, 0.3) is 0 Å². The van der Waals surface area contributed by atoms with Gasteiger partial charge in [-0.1, -0.05) is 36.4 Å². The van der Waals surface area contributed by atoms with Gasteiger partial charge in [-0.15, -0.1) is 0 Å². The molecule has 7 nitrogen and oxygen atoms in total.